The van der Waals surface area contributed by atoms with Crippen molar-refractivity contribution in [2.75, 3.05) is 5.32 Å². The lowest BCUT2D eigenvalue weighted by atomic mass is 10.2. The molecule has 1 aromatic carbocycles. The third-order valence-corrected chi connectivity index (χ3v) is 3.29. The van der Waals surface area contributed by atoms with Gasteiger partial charge in [-0.25, -0.2) is 4.68 Å². The maximum absolute atomic E-state index is 4.44. The van der Waals surface area contributed by atoms with E-state index < -0.39 is 0 Å². The first-order chi connectivity index (χ1) is 10.3. The van der Waals surface area contributed by atoms with Gasteiger partial charge in [0.2, 0.25) is 0 Å². The van der Waals surface area contributed by atoms with Crippen LogP contribution >= 0.6 is 0 Å². The summed E-state index contributed by atoms with van der Waals surface area (Å²) in [6.07, 6.45) is 4.57. The summed E-state index contributed by atoms with van der Waals surface area (Å²) in [6, 6.07) is 7.98. The Morgan fingerprint density at radius 2 is 2.00 bits per heavy atom. The average Bonchev–Trinajstić information content (AvgIpc) is 3.15. The molecule has 2 aromatic heterocycles. The molecule has 0 spiro atoms. The lowest BCUT2D eigenvalue weighted by molar-refractivity contribution is 0.746. The van der Waals surface area contributed by atoms with Crippen LogP contribution in [0.25, 0.3) is 5.69 Å². The van der Waals surface area contributed by atoms with Crippen molar-refractivity contribution in [2.45, 2.75) is 19.9 Å². The number of rotatable bonds is 5. The van der Waals surface area contributed by atoms with Crippen LogP contribution in [0.3, 0.4) is 0 Å². The molecule has 1 N–H and O–H groups in total. The Hall–Kier alpha value is -2.70. The molecule has 108 valence electrons. The minimum atomic E-state index is 0.765. The lowest BCUT2D eigenvalue weighted by Gasteiger charge is -2.07. The van der Waals surface area contributed by atoms with Crippen molar-refractivity contribution < 1.29 is 0 Å². The fourth-order valence-electron chi connectivity index (χ4n) is 2.24. The monoisotopic (exact) mass is 283 g/mol. The standard InChI is InChI=1S/C14H17N7/c1-3-14-11(9-20(2)17-14)8-15-12-4-6-13(7-5-12)21-10-16-18-19-21/h4-7,9-10,15H,3,8H2,1-2H3. The highest BCUT2D eigenvalue weighted by molar-refractivity contribution is 5.48. The molecule has 0 amide bonds. The molecule has 3 aromatic rings. The van der Waals surface area contributed by atoms with Crippen molar-refractivity contribution in [2.24, 2.45) is 7.05 Å². The van der Waals surface area contributed by atoms with Crippen LogP contribution in [0.2, 0.25) is 0 Å². The Bertz CT molecular complexity index is 698. The number of anilines is 1. The van der Waals surface area contributed by atoms with Crippen LogP contribution in [-0.2, 0) is 20.0 Å². The number of aromatic nitrogens is 6. The van der Waals surface area contributed by atoms with Gasteiger partial charge in [0, 0.05) is 31.0 Å². The number of hydrogen-bond acceptors (Lipinski definition) is 5. The molecule has 2 heterocycles. The van der Waals surface area contributed by atoms with Crippen LogP contribution in [-0.4, -0.2) is 30.0 Å². The molecule has 0 radical (unpaired) electrons. The SMILES string of the molecule is CCc1nn(C)cc1CNc1ccc(-n2cnnn2)cc1. The second-order valence-corrected chi connectivity index (χ2v) is 4.78. The molecule has 0 unspecified atom stereocenters. The van der Waals surface area contributed by atoms with E-state index in [1.807, 2.05) is 36.0 Å². The highest BCUT2D eigenvalue weighted by atomic mass is 15.5. The third kappa shape index (κ3) is 2.91. The van der Waals surface area contributed by atoms with Gasteiger partial charge in [-0.15, -0.1) is 5.10 Å². The van der Waals surface area contributed by atoms with Gasteiger partial charge in [-0.3, -0.25) is 4.68 Å². The number of hydrogen-bond donors (Lipinski definition) is 1. The van der Waals surface area contributed by atoms with Crippen LogP contribution in [0.15, 0.2) is 36.8 Å². The van der Waals surface area contributed by atoms with Gasteiger partial charge in [0.05, 0.1) is 11.4 Å². The van der Waals surface area contributed by atoms with Gasteiger partial charge in [0.25, 0.3) is 0 Å². The average molecular weight is 283 g/mol. The zero-order chi connectivity index (χ0) is 14.7. The van der Waals surface area contributed by atoms with E-state index in [1.54, 1.807) is 11.0 Å². The summed E-state index contributed by atoms with van der Waals surface area (Å²) in [5.41, 5.74) is 4.35. The van der Waals surface area contributed by atoms with E-state index in [9.17, 15) is 0 Å². The number of nitrogens with zero attached hydrogens (tertiary/aromatic N) is 6. The minimum Gasteiger partial charge on any atom is -0.381 e. The minimum absolute atomic E-state index is 0.765. The first kappa shape index (κ1) is 13.3. The normalized spacial score (nSPS) is 10.8. The van der Waals surface area contributed by atoms with Crippen LogP contribution in [0.5, 0.6) is 0 Å². The van der Waals surface area contributed by atoms with Gasteiger partial charge in [-0.05, 0) is 41.1 Å². The zero-order valence-corrected chi connectivity index (χ0v) is 12.1. The summed E-state index contributed by atoms with van der Waals surface area (Å²) >= 11 is 0. The summed E-state index contributed by atoms with van der Waals surface area (Å²) in [7, 11) is 1.95. The molecule has 0 saturated carbocycles. The maximum atomic E-state index is 4.44. The van der Waals surface area contributed by atoms with Gasteiger partial charge >= 0.3 is 0 Å². The van der Waals surface area contributed by atoms with E-state index in [0.29, 0.717) is 0 Å². The molecule has 0 aliphatic carbocycles. The maximum Gasteiger partial charge on any atom is 0.143 e. The predicted octanol–water partition coefficient (Wildman–Crippen LogP) is 1.57. The Morgan fingerprint density at radius 3 is 2.67 bits per heavy atom. The van der Waals surface area contributed by atoms with E-state index in [2.05, 4.69) is 39.1 Å². The molecular formula is C14H17N7. The molecule has 0 aliphatic rings. The fourth-order valence-corrected chi connectivity index (χ4v) is 2.24. The second kappa shape index (κ2) is 5.74. The number of tetrazole rings is 1. The summed E-state index contributed by atoms with van der Waals surface area (Å²) < 4.78 is 3.48. The Labute approximate surface area is 122 Å². The van der Waals surface area contributed by atoms with Gasteiger partial charge in [0.1, 0.15) is 6.33 Å². The van der Waals surface area contributed by atoms with Gasteiger partial charge in [0.15, 0.2) is 0 Å². The molecule has 0 atom stereocenters. The molecule has 7 heteroatoms. The first-order valence-electron chi connectivity index (χ1n) is 6.85. The van der Waals surface area contributed by atoms with Crippen LogP contribution in [0, 0.1) is 0 Å². The van der Waals surface area contributed by atoms with Crippen molar-refractivity contribution in [1.82, 2.24) is 30.0 Å². The van der Waals surface area contributed by atoms with Crippen molar-refractivity contribution in [3.8, 4) is 5.69 Å². The van der Waals surface area contributed by atoms with Crippen molar-refractivity contribution in [1.29, 1.82) is 0 Å². The molecule has 0 bridgehead atoms. The quantitative estimate of drug-likeness (QED) is 0.769. The fraction of sp³-hybridized carbons (Fsp3) is 0.286. The lowest BCUT2D eigenvalue weighted by Crippen LogP contribution is -2.01. The van der Waals surface area contributed by atoms with Crippen molar-refractivity contribution in [3.63, 3.8) is 0 Å². The summed E-state index contributed by atoms with van der Waals surface area (Å²) in [4.78, 5) is 0. The Balaban J connectivity index is 1.68. The van der Waals surface area contributed by atoms with E-state index >= 15 is 0 Å². The van der Waals surface area contributed by atoms with Crippen molar-refractivity contribution >= 4 is 5.69 Å². The van der Waals surface area contributed by atoms with Gasteiger partial charge < -0.3 is 5.32 Å². The first-order valence-corrected chi connectivity index (χ1v) is 6.85. The second-order valence-electron chi connectivity index (χ2n) is 4.78. The zero-order valence-electron chi connectivity index (χ0n) is 12.1. The van der Waals surface area contributed by atoms with Crippen molar-refractivity contribution in [3.05, 3.63) is 48.0 Å². The smallest absolute Gasteiger partial charge is 0.143 e. The largest absolute Gasteiger partial charge is 0.381 e. The molecule has 21 heavy (non-hydrogen) atoms. The van der Waals surface area contributed by atoms with Crippen LogP contribution < -0.4 is 5.32 Å². The predicted molar refractivity (Wildman–Crippen MR) is 79.1 cm³/mol. The Morgan fingerprint density at radius 1 is 1.19 bits per heavy atom. The number of nitrogens with one attached hydrogen (secondary N) is 1. The molecule has 7 nitrogen and oxygen atoms in total. The Kier molecular flexibility index (Phi) is 3.63. The molecule has 3 rings (SSSR count). The van der Waals surface area contributed by atoms with Crippen LogP contribution in [0.4, 0.5) is 5.69 Å². The van der Waals surface area contributed by atoms with E-state index in [0.717, 1.165) is 30.0 Å². The molecule has 0 aliphatic heterocycles. The third-order valence-electron chi connectivity index (χ3n) is 3.29. The van der Waals surface area contributed by atoms with E-state index in [1.165, 1.54) is 5.56 Å². The topological polar surface area (TPSA) is 73.5 Å². The number of benzene rings is 1. The van der Waals surface area contributed by atoms with Crippen LogP contribution in [0.1, 0.15) is 18.2 Å². The van der Waals surface area contributed by atoms with E-state index in [4.69, 9.17) is 0 Å². The van der Waals surface area contributed by atoms with Gasteiger partial charge in [-0.2, -0.15) is 5.10 Å². The van der Waals surface area contributed by atoms with Gasteiger partial charge in [-0.1, -0.05) is 6.92 Å². The molecule has 0 saturated heterocycles. The highest BCUT2D eigenvalue weighted by Crippen LogP contribution is 2.14. The summed E-state index contributed by atoms with van der Waals surface area (Å²) in [6.45, 7) is 2.88. The summed E-state index contributed by atoms with van der Waals surface area (Å²) in [5.74, 6) is 0. The number of aryl methyl sites for hydroxylation is 2. The molecular weight excluding hydrogens is 266 g/mol. The summed E-state index contributed by atoms with van der Waals surface area (Å²) in [5, 5.41) is 19.0. The van der Waals surface area contributed by atoms with E-state index in [-0.39, 0.29) is 0 Å². The highest BCUT2D eigenvalue weighted by Gasteiger charge is 2.05. The molecule has 0 fully saturated rings.